The Bertz CT molecular complexity index is 1680. The van der Waals surface area contributed by atoms with Gasteiger partial charge in [-0.2, -0.15) is 0 Å². The van der Waals surface area contributed by atoms with Gasteiger partial charge in [0.05, 0.1) is 10.6 Å². The molecular formula is C35H37BrClN3O4S. The number of sulfonamides is 1. The van der Waals surface area contributed by atoms with Crippen LogP contribution in [0.4, 0.5) is 5.69 Å². The molecule has 1 N–H and O–H groups in total. The van der Waals surface area contributed by atoms with Crippen LogP contribution >= 0.6 is 27.5 Å². The Balaban J connectivity index is 1.80. The first-order valence-electron chi connectivity index (χ1n) is 14.7. The van der Waals surface area contributed by atoms with Crippen molar-refractivity contribution in [2.75, 3.05) is 10.8 Å². The van der Waals surface area contributed by atoms with E-state index in [2.05, 4.69) is 21.2 Å². The fraction of sp³-hybridized carbons (Fsp3) is 0.257. The number of rotatable bonds is 13. The van der Waals surface area contributed by atoms with Gasteiger partial charge < -0.3 is 10.2 Å². The van der Waals surface area contributed by atoms with Crippen LogP contribution in [0.1, 0.15) is 37.0 Å². The van der Waals surface area contributed by atoms with E-state index in [1.807, 2.05) is 75.4 Å². The second-order valence-electron chi connectivity index (χ2n) is 11.0. The fourth-order valence-electron chi connectivity index (χ4n) is 4.76. The van der Waals surface area contributed by atoms with Crippen LogP contribution < -0.4 is 9.62 Å². The third kappa shape index (κ3) is 9.19. The molecule has 45 heavy (non-hydrogen) atoms. The molecule has 10 heteroatoms. The summed E-state index contributed by atoms with van der Waals surface area (Å²) in [7, 11) is -4.18. The summed E-state index contributed by atoms with van der Waals surface area (Å²) in [4.78, 5) is 29.9. The van der Waals surface area contributed by atoms with Crippen molar-refractivity contribution in [2.45, 2.75) is 57.1 Å². The third-order valence-corrected chi connectivity index (χ3v) is 10.1. The molecule has 4 rings (SSSR count). The smallest absolute Gasteiger partial charge is 0.264 e. The number of carbonyl (C=O) groups excluding carboxylic acids is 2. The Hall–Kier alpha value is -3.66. The second kappa shape index (κ2) is 15.6. The molecule has 0 aliphatic carbocycles. The number of nitrogens with one attached hydrogen (secondary N) is 1. The summed E-state index contributed by atoms with van der Waals surface area (Å²) in [5, 5.41) is 3.48. The number of anilines is 1. The van der Waals surface area contributed by atoms with Crippen LogP contribution in [0.15, 0.2) is 112 Å². The predicted molar refractivity (Wildman–Crippen MR) is 184 cm³/mol. The molecule has 0 heterocycles. The van der Waals surface area contributed by atoms with E-state index in [0.717, 1.165) is 25.5 Å². The lowest BCUT2D eigenvalue weighted by Crippen LogP contribution is -2.54. The Labute approximate surface area is 279 Å². The minimum atomic E-state index is -4.18. The van der Waals surface area contributed by atoms with Gasteiger partial charge in [0.1, 0.15) is 12.6 Å². The average Bonchev–Trinajstić information content (AvgIpc) is 3.03. The number of benzene rings is 4. The molecule has 2 amide bonds. The van der Waals surface area contributed by atoms with E-state index in [1.54, 1.807) is 36.4 Å². The van der Waals surface area contributed by atoms with Crippen LogP contribution in [0.25, 0.3) is 0 Å². The van der Waals surface area contributed by atoms with Crippen molar-refractivity contribution in [3.8, 4) is 0 Å². The SMILES string of the molecule is CC[C@@H](C)NC(=O)[C@H](Cc1ccccc1)N(Cc1ccc(Br)cc1)C(=O)CN(c1ccc(Cl)cc1)S(=O)(=O)c1ccc(C)cc1. The zero-order valence-corrected chi connectivity index (χ0v) is 28.6. The number of halogens is 2. The lowest BCUT2D eigenvalue weighted by atomic mass is 10.0. The van der Waals surface area contributed by atoms with Crippen molar-refractivity contribution in [1.29, 1.82) is 0 Å². The molecule has 0 saturated carbocycles. The maximum Gasteiger partial charge on any atom is 0.264 e. The summed E-state index contributed by atoms with van der Waals surface area (Å²) in [5.41, 5.74) is 2.85. The molecule has 236 valence electrons. The summed E-state index contributed by atoms with van der Waals surface area (Å²) in [6.45, 7) is 5.32. The molecule has 0 bridgehead atoms. The van der Waals surface area contributed by atoms with Gasteiger partial charge in [-0.3, -0.25) is 13.9 Å². The van der Waals surface area contributed by atoms with Crippen LogP contribution in [0.5, 0.6) is 0 Å². The molecule has 0 fully saturated rings. The van der Waals surface area contributed by atoms with E-state index in [4.69, 9.17) is 11.6 Å². The fourth-order valence-corrected chi connectivity index (χ4v) is 6.56. The van der Waals surface area contributed by atoms with Gasteiger partial charge in [0.25, 0.3) is 10.0 Å². The molecule has 0 saturated heterocycles. The van der Waals surface area contributed by atoms with Crippen LogP contribution in [0, 0.1) is 6.92 Å². The van der Waals surface area contributed by atoms with Crippen LogP contribution in [-0.2, 0) is 32.6 Å². The van der Waals surface area contributed by atoms with Gasteiger partial charge in [0.2, 0.25) is 11.8 Å². The zero-order valence-electron chi connectivity index (χ0n) is 25.5. The number of hydrogen-bond donors (Lipinski definition) is 1. The molecule has 0 spiro atoms. The number of carbonyl (C=O) groups is 2. The van der Waals surface area contributed by atoms with E-state index in [0.29, 0.717) is 11.4 Å². The van der Waals surface area contributed by atoms with Gasteiger partial charge in [0, 0.05) is 28.5 Å². The van der Waals surface area contributed by atoms with Crippen molar-refractivity contribution in [3.05, 3.63) is 129 Å². The van der Waals surface area contributed by atoms with Gasteiger partial charge in [-0.25, -0.2) is 8.42 Å². The van der Waals surface area contributed by atoms with Crippen LogP contribution in [-0.4, -0.2) is 43.8 Å². The average molecular weight is 711 g/mol. The molecule has 0 unspecified atom stereocenters. The van der Waals surface area contributed by atoms with Gasteiger partial charge >= 0.3 is 0 Å². The normalized spacial score (nSPS) is 12.6. The molecule has 0 aliphatic heterocycles. The van der Waals surface area contributed by atoms with Crippen molar-refractivity contribution in [1.82, 2.24) is 10.2 Å². The van der Waals surface area contributed by atoms with Crippen molar-refractivity contribution < 1.29 is 18.0 Å². The van der Waals surface area contributed by atoms with E-state index in [1.165, 1.54) is 17.0 Å². The highest BCUT2D eigenvalue weighted by Gasteiger charge is 2.35. The number of hydrogen-bond acceptors (Lipinski definition) is 4. The highest BCUT2D eigenvalue weighted by molar-refractivity contribution is 9.10. The molecule has 4 aromatic rings. The van der Waals surface area contributed by atoms with Crippen molar-refractivity contribution in [2.24, 2.45) is 0 Å². The zero-order chi connectivity index (χ0) is 32.6. The largest absolute Gasteiger partial charge is 0.352 e. The molecule has 2 atom stereocenters. The Morgan fingerprint density at radius 1 is 0.867 bits per heavy atom. The third-order valence-electron chi connectivity index (χ3n) is 7.54. The van der Waals surface area contributed by atoms with Gasteiger partial charge in [-0.05, 0) is 79.9 Å². The quantitative estimate of drug-likeness (QED) is 0.160. The molecule has 4 aromatic carbocycles. The predicted octanol–water partition coefficient (Wildman–Crippen LogP) is 7.16. The van der Waals surface area contributed by atoms with Crippen molar-refractivity contribution >= 4 is 55.1 Å². The van der Waals surface area contributed by atoms with Crippen LogP contribution in [0.3, 0.4) is 0 Å². The van der Waals surface area contributed by atoms with Crippen molar-refractivity contribution in [3.63, 3.8) is 0 Å². The Morgan fingerprint density at radius 2 is 1.49 bits per heavy atom. The highest BCUT2D eigenvalue weighted by Crippen LogP contribution is 2.27. The molecule has 0 radical (unpaired) electrons. The summed E-state index contributed by atoms with van der Waals surface area (Å²) >= 11 is 9.60. The van der Waals surface area contributed by atoms with E-state index in [-0.39, 0.29) is 35.5 Å². The number of amides is 2. The maximum atomic E-state index is 14.5. The first-order chi connectivity index (χ1) is 21.5. The second-order valence-corrected chi connectivity index (χ2v) is 14.2. The highest BCUT2D eigenvalue weighted by atomic mass is 79.9. The lowest BCUT2D eigenvalue weighted by Gasteiger charge is -2.34. The van der Waals surface area contributed by atoms with E-state index >= 15 is 0 Å². The summed E-state index contributed by atoms with van der Waals surface area (Å²) in [6.07, 6.45) is 0.959. The van der Waals surface area contributed by atoms with E-state index in [9.17, 15) is 18.0 Å². The topological polar surface area (TPSA) is 86.8 Å². The maximum absolute atomic E-state index is 14.5. The number of aryl methyl sites for hydroxylation is 1. The first kappa shape index (κ1) is 34.2. The monoisotopic (exact) mass is 709 g/mol. The molecule has 0 aliphatic rings. The summed E-state index contributed by atoms with van der Waals surface area (Å²) < 4.78 is 30.2. The van der Waals surface area contributed by atoms with Gasteiger partial charge in [-0.15, -0.1) is 0 Å². The summed E-state index contributed by atoms with van der Waals surface area (Å²) in [5.74, 6) is -0.832. The van der Waals surface area contributed by atoms with E-state index < -0.39 is 28.5 Å². The molecule has 7 nitrogen and oxygen atoms in total. The van der Waals surface area contributed by atoms with Gasteiger partial charge in [-0.1, -0.05) is 94.6 Å². The Kier molecular flexibility index (Phi) is 11.8. The lowest BCUT2D eigenvalue weighted by molar-refractivity contribution is -0.140. The van der Waals surface area contributed by atoms with Gasteiger partial charge in [0.15, 0.2) is 0 Å². The standard InChI is InChI=1S/C35H37BrClN3O4S/c1-4-26(3)38-35(42)33(22-27-8-6-5-7-9-27)39(23-28-12-14-29(36)15-13-28)34(41)24-40(31-18-16-30(37)17-19-31)45(43,44)32-20-10-25(2)11-21-32/h5-21,26,33H,4,22-24H2,1-3H3,(H,38,42)/t26-,33+/m1/s1. The minimum Gasteiger partial charge on any atom is -0.352 e. The molecule has 0 aromatic heterocycles. The van der Waals surface area contributed by atoms with Crippen LogP contribution in [0.2, 0.25) is 5.02 Å². The minimum absolute atomic E-state index is 0.0469. The summed E-state index contributed by atoms with van der Waals surface area (Å²) in [6, 6.07) is 28.7. The Morgan fingerprint density at radius 3 is 2.09 bits per heavy atom. The number of nitrogens with zero attached hydrogens (tertiary/aromatic N) is 2. The first-order valence-corrected chi connectivity index (χ1v) is 17.3. The molecular weight excluding hydrogens is 674 g/mol.